The van der Waals surface area contributed by atoms with Crippen LogP contribution in [-0.2, 0) is 0 Å². The predicted molar refractivity (Wildman–Crippen MR) is 43.0 cm³/mol. The molecule has 1 aliphatic carbocycles. The third-order valence-corrected chi connectivity index (χ3v) is 3.29. The van der Waals surface area contributed by atoms with Gasteiger partial charge in [0.15, 0.2) is 8.83 Å². The van der Waals surface area contributed by atoms with Gasteiger partial charge in [0.05, 0.1) is 0 Å². The Morgan fingerprint density at radius 2 is 1.89 bits per heavy atom. The van der Waals surface area contributed by atoms with Crippen molar-refractivity contribution in [3.63, 3.8) is 0 Å². The van der Waals surface area contributed by atoms with Crippen LogP contribution in [0.25, 0.3) is 0 Å². The van der Waals surface area contributed by atoms with Crippen LogP contribution in [0.2, 0.25) is 6.04 Å². The summed E-state index contributed by atoms with van der Waals surface area (Å²) in [4.78, 5) is 0. The van der Waals surface area contributed by atoms with E-state index < -0.39 is 0 Å². The first kappa shape index (κ1) is 7.61. The quantitative estimate of drug-likeness (QED) is 0.431. The molecule has 0 heterocycles. The molecule has 0 aromatic carbocycles. The van der Waals surface area contributed by atoms with Crippen LogP contribution in [0.3, 0.4) is 0 Å². The summed E-state index contributed by atoms with van der Waals surface area (Å²) in [5.41, 5.74) is 0. The minimum atomic E-state index is 0.661. The lowest BCUT2D eigenvalue weighted by Gasteiger charge is -2.19. The zero-order chi connectivity index (χ0) is 6.53. The lowest BCUT2D eigenvalue weighted by atomic mass is 9.91. The first-order chi connectivity index (χ1) is 4.43. The molecule has 1 saturated carbocycles. The molecule has 52 valence electrons. The van der Waals surface area contributed by atoms with E-state index in [4.69, 9.17) is 11.1 Å². The molecule has 0 nitrogen and oxygen atoms in total. The Bertz CT molecular complexity index is 66.6. The molecule has 0 spiro atoms. The number of rotatable bonds is 2. The van der Waals surface area contributed by atoms with Gasteiger partial charge in [-0.3, -0.25) is 0 Å². The number of hydrogen-bond donors (Lipinski definition) is 0. The maximum Gasteiger partial charge on any atom is 0.172 e. The average molecular weight is 161 g/mol. The van der Waals surface area contributed by atoms with Crippen LogP contribution in [0.1, 0.15) is 32.1 Å². The monoisotopic (exact) mass is 160 g/mol. The van der Waals surface area contributed by atoms with E-state index in [1.54, 1.807) is 0 Å². The van der Waals surface area contributed by atoms with Crippen LogP contribution >= 0.6 is 11.1 Å². The van der Waals surface area contributed by atoms with Gasteiger partial charge in [0.2, 0.25) is 0 Å². The van der Waals surface area contributed by atoms with E-state index in [0.717, 1.165) is 5.92 Å². The molecule has 9 heavy (non-hydrogen) atoms. The van der Waals surface area contributed by atoms with Crippen LogP contribution in [-0.4, -0.2) is 8.83 Å². The molecule has 2 heteroatoms. The second-order valence-corrected chi connectivity index (χ2v) is 4.32. The molecule has 0 bridgehead atoms. The van der Waals surface area contributed by atoms with Gasteiger partial charge in [-0.05, 0) is 12.0 Å². The van der Waals surface area contributed by atoms with Crippen molar-refractivity contribution < 1.29 is 0 Å². The van der Waals surface area contributed by atoms with Crippen LogP contribution in [0.15, 0.2) is 0 Å². The molecule has 0 atom stereocenters. The molecule has 0 aromatic heterocycles. The second kappa shape index (κ2) is 4.34. The van der Waals surface area contributed by atoms with Gasteiger partial charge in [-0.25, -0.2) is 0 Å². The van der Waals surface area contributed by atoms with Crippen molar-refractivity contribution in [2.45, 2.75) is 38.1 Å². The summed E-state index contributed by atoms with van der Waals surface area (Å²) in [6.07, 6.45) is 7.25. The van der Waals surface area contributed by atoms with E-state index in [9.17, 15) is 0 Å². The molecule has 2 radical (unpaired) electrons. The highest BCUT2D eigenvalue weighted by molar-refractivity contribution is 6.93. The highest BCUT2D eigenvalue weighted by Crippen LogP contribution is 2.26. The Kier molecular flexibility index (Phi) is 3.67. The Hall–Kier alpha value is 0.507. The Balaban J connectivity index is 2.08. The second-order valence-electron chi connectivity index (χ2n) is 2.84. The van der Waals surface area contributed by atoms with E-state index in [0.29, 0.717) is 8.83 Å². The lowest BCUT2D eigenvalue weighted by Crippen LogP contribution is -2.06. The van der Waals surface area contributed by atoms with Crippen LogP contribution in [0, 0.1) is 5.92 Å². The molecule has 0 amide bonds. The predicted octanol–water partition coefficient (Wildman–Crippen LogP) is 2.84. The first-order valence-corrected chi connectivity index (χ1v) is 5.99. The smallest absolute Gasteiger partial charge is 0.171 e. The van der Waals surface area contributed by atoms with Gasteiger partial charge >= 0.3 is 0 Å². The summed E-state index contributed by atoms with van der Waals surface area (Å²) < 4.78 is 0. The molecule has 0 aliphatic heterocycles. The molecule has 0 N–H and O–H groups in total. The van der Waals surface area contributed by atoms with Crippen molar-refractivity contribution in [2.75, 3.05) is 0 Å². The van der Waals surface area contributed by atoms with Crippen molar-refractivity contribution in [3.05, 3.63) is 0 Å². The maximum absolute atomic E-state index is 5.66. The van der Waals surface area contributed by atoms with Crippen molar-refractivity contribution in [3.8, 4) is 0 Å². The standard InChI is InChI=1S/C7H13ClSi/c8-9-6-7-4-2-1-3-5-7/h7H,1-6H2. The van der Waals surface area contributed by atoms with Gasteiger partial charge in [0, 0.05) is 0 Å². The third-order valence-electron chi connectivity index (χ3n) is 2.09. The van der Waals surface area contributed by atoms with Gasteiger partial charge in [-0.15, -0.1) is 0 Å². The van der Waals surface area contributed by atoms with Crippen molar-refractivity contribution >= 4 is 19.9 Å². The molecular weight excluding hydrogens is 148 g/mol. The highest BCUT2D eigenvalue weighted by atomic mass is 35.6. The zero-order valence-electron chi connectivity index (χ0n) is 5.70. The van der Waals surface area contributed by atoms with E-state index >= 15 is 0 Å². The fourth-order valence-corrected chi connectivity index (χ4v) is 2.78. The Morgan fingerprint density at radius 1 is 1.22 bits per heavy atom. The Morgan fingerprint density at radius 3 is 2.44 bits per heavy atom. The molecule has 1 fully saturated rings. The number of halogens is 1. The third kappa shape index (κ3) is 2.72. The molecule has 0 aromatic rings. The van der Waals surface area contributed by atoms with E-state index in [1.165, 1.54) is 38.1 Å². The van der Waals surface area contributed by atoms with Gasteiger partial charge in [-0.1, -0.05) is 32.1 Å². The summed E-state index contributed by atoms with van der Waals surface area (Å²) in [6, 6.07) is 1.28. The molecular formula is C7H13ClSi. The summed E-state index contributed by atoms with van der Waals surface area (Å²) >= 11 is 5.66. The summed E-state index contributed by atoms with van der Waals surface area (Å²) in [5, 5.41) is 0. The van der Waals surface area contributed by atoms with Crippen LogP contribution in [0.5, 0.6) is 0 Å². The SMILES string of the molecule is Cl[Si]CC1CCCCC1. The average Bonchev–Trinajstić information content (AvgIpc) is 1.91. The van der Waals surface area contributed by atoms with Gasteiger partial charge < -0.3 is 0 Å². The van der Waals surface area contributed by atoms with Crippen LogP contribution < -0.4 is 0 Å². The van der Waals surface area contributed by atoms with Gasteiger partial charge in [0.25, 0.3) is 0 Å². The van der Waals surface area contributed by atoms with Gasteiger partial charge in [0.1, 0.15) is 0 Å². The molecule has 0 unspecified atom stereocenters. The minimum absolute atomic E-state index is 0.661. The summed E-state index contributed by atoms with van der Waals surface area (Å²) in [6.45, 7) is 0. The van der Waals surface area contributed by atoms with E-state index in [1.807, 2.05) is 0 Å². The Labute approximate surface area is 64.5 Å². The van der Waals surface area contributed by atoms with Crippen LogP contribution in [0.4, 0.5) is 0 Å². The summed E-state index contributed by atoms with van der Waals surface area (Å²) in [7, 11) is 0.661. The highest BCUT2D eigenvalue weighted by Gasteiger charge is 2.11. The molecule has 0 saturated heterocycles. The minimum Gasteiger partial charge on any atom is -0.171 e. The maximum atomic E-state index is 5.66. The largest absolute Gasteiger partial charge is 0.172 e. The zero-order valence-corrected chi connectivity index (χ0v) is 7.45. The fourth-order valence-electron chi connectivity index (χ4n) is 1.50. The van der Waals surface area contributed by atoms with Gasteiger partial charge in [-0.2, -0.15) is 11.1 Å². The number of hydrogen-bond acceptors (Lipinski definition) is 0. The van der Waals surface area contributed by atoms with Crippen molar-refractivity contribution in [2.24, 2.45) is 5.92 Å². The molecule has 1 rings (SSSR count). The fraction of sp³-hybridized carbons (Fsp3) is 1.00. The topological polar surface area (TPSA) is 0 Å². The van der Waals surface area contributed by atoms with Crippen molar-refractivity contribution in [1.29, 1.82) is 0 Å². The van der Waals surface area contributed by atoms with Crippen molar-refractivity contribution in [1.82, 2.24) is 0 Å². The van der Waals surface area contributed by atoms with E-state index in [2.05, 4.69) is 0 Å². The molecule has 1 aliphatic rings. The first-order valence-electron chi connectivity index (χ1n) is 3.77. The normalized spacial score (nSPS) is 22.3. The lowest BCUT2D eigenvalue weighted by molar-refractivity contribution is 0.385. The van der Waals surface area contributed by atoms with E-state index in [-0.39, 0.29) is 0 Å². The summed E-state index contributed by atoms with van der Waals surface area (Å²) in [5.74, 6) is 0.981.